The molecule has 2 amide bonds. The molecule has 0 saturated carbocycles. The summed E-state index contributed by atoms with van der Waals surface area (Å²) < 4.78 is 20.3. The first-order chi connectivity index (χ1) is 10.9. The van der Waals surface area contributed by atoms with Gasteiger partial charge in [-0.05, 0) is 12.8 Å². The predicted molar refractivity (Wildman–Crippen MR) is 84.9 cm³/mol. The van der Waals surface area contributed by atoms with Gasteiger partial charge in [0.25, 0.3) is 0 Å². The number of carbonyl (C=O) groups is 2. The lowest BCUT2D eigenvalue weighted by Crippen LogP contribution is -2.36. The van der Waals surface area contributed by atoms with Crippen LogP contribution in [-0.4, -0.2) is 53.1 Å². The SMILES string of the molecule is NCCOP(=O)(O)OC(=O)CCCC[C@@H]1SC[C@@H]2NC(=O)N[C@@H]21. The molecule has 0 aliphatic carbocycles. The minimum Gasteiger partial charge on any atom is -0.371 e. The van der Waals surface area contributed by atoms with Gasteiger partial charge in [0.15, 0.2) is 0 Å². The van der Waals surface area contributed by atoms with Crippen LogP contribution in [0.1, 0.15) is 25.7 Å². The Morgan fingerprint density at radius 3 is 2.96 bits per heavy atom. The summed E-state index contributed by atoms with van der Waals surface area (Å²) in [5, 5.41) is 6.10. The van der Waals surface area contributed by atoms with Gasteiger partial charge in [-0.1, -0.05) is 6.42 Å². The van der Waals surface area contributed by atoms with Crippen molar-refractivity contribution in [2.24, 2.45) is 5.73 Å². The molecule has 2 heterocycles. The van der Waals surface area contributed by atoms with E-state index in [1.807, 2.05) is 0 Å². The quantitative estimate of drug-likeness (QED) is 0.260. The van der Waals surface area contributed by atoms with Crippen LogP contribution in [0.15, 0.2) is 0 Å². The van der Waals surface area contributed by atoms with Crippen LogP contribution in [0, 0.1) is 0 Å². The minimum absolute atomic E-state index is 0.0482. The topological polar surface area (TPSA) is 140 Å². The third kappa shape index (κ3) is 5.65. The Balaban J connectivity index is 1.61. The molecule has 5 N–H and O–H groups in total. The molecule has 23 heavy (non-hydrogen) atoms. The van der Waals surface area contributed by atoms with Crippen molar-refractivity contribution in [2.45, 2.75) is 43.0 Å². The minimum atomic E-state index is -4.35. The molecule has 0 aromatic rings. The molecule has 1 unspecified atom stereocenters. The van der Waals surface area contributed by atoms with Crippen LogP contribution in [0.2, 0.25) is 0 Å². The van der Waals surface area contributed by atoms with Gasteiger partial charge >= 0.3 is 19.8 Å². The van der Waals surface area contributed by atoms with E-state index in [2.05, 4.69) is 19.7 Å². The fraction of sp³-hybridized carbons (Fsp3) is 0.833. The van der Waals surface area contributed by atoms with Gasteiger partial charge in [-0.3, -0.25) is 14.2 Å². The molecule has 4 atom stereocenters. The van der Waals surface area contributed by atoms with Crippen LogP contribution in [0.5, 0.6) is 0 Å². The Labute approximate surface area is 138 Å². The number of phosphoric acid groups is 1. The highest BCUT2D eigenvalue weighted by atomic mass is 32.2. The maximum atomic E-state index is 11.5. The molecule has 0 aromatic heterocycles. The van der Waals surface area contributed by atoms with Gasteiger partial charge < -0.3 is 20.9 Å². The van der Waals surface area contributed by atoms with Crippen LogP contribution >= 0.6 is 19.6 Å². The molecular formula is C12H22N3O6PS. The monoisotopic (exact) mass is 367 g/mol. The van der Waals surface area contributed by atoms with E-state index in [0.717, 1.165) is 18.6 Å². The van der Waals surface area contributed by atoms with Crippen molar-refractivity contribution in [3.05, 3.63) is 0 Å². The number of amides is 2. The fourth-order valence-corrected chi connectivity index (χ4v) is 4.91. The van der Waals surface area contributed by atoms with Crippen molar-refractivity contribution >= 4 is 31.6 Å². The second-order valence-electron chi connectivity index (χ2n) is 5.42. The molecule has 0 spiro atoms. The zero-order valence-corrected chi connectivity index (χ0v) is 14.3. The number of phosphoric ester groups is 1. The highest BCUT2D eigenvalue weighted by molar-refractivity contribution is 8.00. The van der Waals surface area contributed by atoms with Crippen LogP contribution in [-0.2, 0) is 18.4 Å². The largest absolute Gasteiger partial charge is 0.529 e. The smallest absolute Gasteiger partial charge is 0.371 e. The number of nitrogens with one attached hydrogen (secondary N) is 2. The summed E-state index contributed by atoms with van der Waals surface area (Å²) in [6.45, 7) is -0.0863. The van der Waals surface area contributed by atoms with Gasteiger partial charge in [-0.25, -0.2) is 9.36 Å². The number of rotatable bonds is 9. The van der Waals surface area contributed by atoms with Crippen molar-refractivity contribution in [2.75, 3.05) is 18.9 Å². The highest BCUT2D eigenvalue weighted by Crippen LogP contribution is 2.43. The highest BCUT2D eigenvalue weighted by Gasteiger charge is 2.42. The maximum absolute atomic E-state index is 11.5. The zero-order valence-electron chi connectivity index (χ0n) is 12.6. The third-order valence-electron chi connectivity index (χ3n) is 3.65. The van der Waals surface area contributed by atoms with E-state index in [4.69, 9.17) is 5.73 Å². The average molecular weight is 367 g/mol. The summed E-state index contributed by atoms with van der Waals surface area (Å²) in [6.07, 6.45) is 2.23. The maximum Gasteiger partial charge on any atom is 0.529 e. The van der Waals surface area contributed by atoms with E-state index >= 15 is 0 Å². The van der Waals surface area contributed by atoms with Crippen molar-refractivity contribution < 1.29 is 28.1 Å². The molecule has 2 aliphatic heterocycles. The van der Waals surface area contributed by atoms with E-state index in [1.54, 1.807) is 11.8 Å². The fourth-order valence-electron chi connectivity index (χ4n) is 2.63. The summed E-state index contributed by atoms with van der Waals surface area (Å²) in [7, 11) is -4.35. The first-order valence-corrected chi connectivity index (χ1v) is 10.0. The van der Waals surface area contributed by atoms with Gasteiger partial charge in [0, 0.05) is 24.0 Å². The Hall–Kier alpha value is -0.800. The van der Waals surface area contributed by atoms with Crippen LogP contribution < -0.4 is 16.4 Å². The number of hydrogen-bond donors (Lipinski definition) is 4. The lowest BCUT2D eigenvalue weighted by Gasteiger charge is -2.16. The van der Waals surface area contributed by atoms with Crippen molar-refractivity contribution in [1.29, 1.82) is 0 Å². The first kappa shape index (κ1) is 18.5. The zero-order chi connectivity index (χ0) is 16.9. The standard InChI is InChI=1S/C12H22N3O6PS/c13-5-6-20-22(18,19)21-10(16)4-2-1-3-9-11-8(7-23-9)14-12(17)15-11/h8-9,11H,1-7,13H2,(H,18,19)(H2,14,15,17)/t8-,9-,11-/m0/s1. The first-order valence-electron chi connectivity index (χ1n) is 7.50. The molecule has 2 saturated heterocycles. The van der Waals surface area contributed by atoms with Gasteiger partial charge in [0.1, 0.15) is 0 Å². The molecule has 11 heteroatoms. The number of fused-ring (bicyclic) bond motifs is 1. The van der Waals surface area contributed by atoms with Gasteiger partial charge in [-0.15, -0.1) is 0 Å². The second-order valence-corrected chi connectivity index (χ2v) is 8.07. The molecule has 0 aromatic carbocycles. The summed E-state index contributed by atoms with van der Waals surface area (Å²) in [5.41, 5.74) is 5.14. The lowest BCUT2D eigenvalue weighted by molar-refractivity contribution is -0.136. The van der Waals surface area contributed by atoms with E-state index < -0.39 is 13.8 Å². The normalized spacial score (nSPS) is 28.6. The molecular weight excluding hydrogens is 345 g/mol. The summed E-state index contributed by atoms with van der Waals surface area (Å²) in [5.74, 6) is 0.128. The summed E-state index contributed by atoms with van der Waals surface area (Å²) >= 11 is 1.80. The number of unbranched alkanes of at least 4 members (excludes halogenated alkanes) is 1. The van der Waals surface area contributed by atoms with Gasteiger partial charge in [0.05, 0.1) is 18.7 Å². The number of thioether (sulfide) groups is 1. The van der Waals surface area contributed by atoms with Crippen LogP contribution in [0.25, 0.3) is 0 Å². The molecule has 2 aliphatic rings. The van der Waals surface area contributed by atoms with Crippen molar-refractivity contribution in [1.82, 2.24) is 10.6 Å². The van der Waals surface area contributed by atoms with Crippen LogP contribution in [0.3, 0.4) is 0 Å². The number of nitrogens with two attached hydrogens (primary N) is 1. The number of urea groups is 1. The summed E-state index contributed by atoms with van der Waals surface area (Å²) in [6, 6.07) is 0.203. The molecule has 9 nitrogen and oxygen atoms in total. The second kappa shape index (κ2) is 8.34. The van der Waals surface area contributed by atoms with Gasteiger partial charge in [0.2, 0.25) is 0 Å². The Bertz CT molecular complexity index is 493. The van der Waals surface area contributed by atoms with E-state index in [-0.39, 0.29) is 37.7 Å². The Morgan fingerprint density at radius 1 is 1.43 bits per heavy atom. The molecule has 132 valence electrons. The molecule has 2 rings (SSSR count). The van der Waals surface area contributed by atoms with E-state index in [0.29, 0.717) is 11.7 Å². The van der Waals surface area contributed by atoms with E-state index in [1.165, 1.54) is 0 Å². The number of hydrogen-bond acceptors (Lipinski definition) is 7. The molecule has 0 radical (unpaired) electrons. The van der Waals surface area contributed by atoms with Crippen molar-refractivity contribution in [3.8, 4) is 0 Å². The summed E-state index contributed by atoms with van der Waals surface area (Å²) in [4.78, 5) is 32.0. The molecule has 0 bridgehead atoms. The third-order valence-corrected chi connectivity index (χ3v) is 6.10. The van der Waals surface area contributed by atoms with Crippen LogP contribution in [0.4, 0.5) is 4.79 Å². The van der Waals surface area contributed by atoms with E-state index in [9.17, 15) is 19.0 Å². The van der Waals surface area contributed by atoms with Crippen molar-refractivity contribution in [3.63, 3.8) is 0 Å². The molecule has 2 fully saturated rings. The lowest BCUT2D eigenvalue weighted by atomic mass is 10.0. The van der Waals surface area contributed by atoms with Gasteiger partial charge in [-0.2, -0.15) is 11.8 Å². The average Bonchev–Trinajstić information content (AvgIpc) is 3.00. The Kier molecular flexibility index (Phi) is 6.72. The number of carbonyl (C=O) groups excluding carboxylic acids is 2. The predicted octanol–water partition coefficient (Wildman–Crippen LogP) is 0.331. The Morgan fingerprint density at radius 2 is 2.22 bits per heavy atom.